The van der Waals surface area contributed by atoms with Crippen LogP contribution < -0.4 is 4.74 Å². The van der Waals surface area contributed by atoms with Crippen LogP contribution in [0.3, 0.4) is 0 Å². The van der Waals surface area contributed by atoms with Gasteiger partial charge >= 0.3 is 0 Å². The molecule has 2 heteroatoms. The monoisotopic (exact) mass is 275 g/mol. The lowest BCUT2D eigenvalue weighted by Crippen LogP contribution is -2.42. The van der Waals surface area contributed by atoms with Crippen molar-refractivity contribution in [1.82, 2.24) is 4.90 Å². The Morgan fingerprint density at radius 2 is 1.90 bits per heavy atom. The predicted octanol–water partition coefficient (Wildman–Crippen LogP) is 4.24. The second kappa shape index (κ2) is 7.12. The molecule has 0 amide bonds. The number of hydrogen-bond acceptors (Lipinski definition) is 2. The smallest absolute Gasteiger partial charge is 0.122 e. The second-order valence-corrected chi connectivity index (χ2v) is 5.96. The Hall–Kier alpha value is -1.02. The molecule has 1 aromatic carbocycles. The molecule has 0 heterocycles. The fraction of sp³-hybridized carbons (Fsp3) is 0.667. The predicted molar refractivity (Wildman–Crippen MR) is 85.7 cm³/mol. The highest BCUT2D eigenvalue weighted by Gasteiger charge is 2.31. The number of nitrogens with zero attached hydrogens (tertiary/aromatic N) is 1. The first-order valence-corrected chi connectivity index (χ1v) is 8.12. The van der Waals surface area contributed by atoms with Crippen molar-refractivity contribution in [2.45, 2.75) is 58.4 Å². The molecule has 0 fully saturated rings. The number of rotatable bonds is 6. The van der Waals surface area contributed by atoms with Gasteiger partial charge in [-0.05, 0) is 50.4 Å². The van der Waals surface area contributed by atoms with Crippen LogP contribution in [0, 0.1) is 0 Å². The summed E-state index contributed by atoms with van der Waals surface area (Å²) >= 11 is 0. The maximum absolute atomic E-state index is 5.61. The molecular formula is C18H29NO. The van der Waals surface area contributed by atoms with E-state index < -0.39 is 0 Å². The minimum atomic E-state index is 0.563. The van der Waals surface area contributed by atoms with Gasteiger partial charge in [-0.2, -0.15) is 0 Å². The molecular weight excluding hydrogens is 246 g/mol. The zero-order valence-electron chi connectivity index (χ0n) is 13.5. The molecule has 1 aliphatic rings. The number of ether oxygens (including phenoxy) is 1. The molecule has 0 saturated carbocycles. The van der Waals surface area contributed by atoms with E-state index >= 15 is 0 Å². The van der Waals surface area contributed by atoms with E-state index in [1.165, 1.54) is 49.9 Å². The first-order valence-electron chi connectivity index (χ1n) is 8.12. The van der Waals surface area contributed by atoms with E-state index in [0.29, 0.717) is 12.0 Å². The van der Waals surface area contributed by atoms with E-state index in [-0.39, 0.29) is 0 Å². The first-order chi connectivity index (χ1) is 9.72. The molecule has 1 aromatic rings. The summed E-state index contributed by atoms with van der Waals surface area (Å²) < 4.78 is 5.61. The van der Waals surface area contributed by atoms with E-state index in [1.807, 2.05) is 0 Å². The molecule has 0 spiro atoms. The SMILES string of the molecule is CCCN(CCC)[C@H]1CCc2cccc(OC)c2[C@H]1C. The molecule has 0 radical (unpaired) electrons. The third-order valence-corrected chi connectivity index (χ3v) is 4.61. The molecule has 0 unspecified atom stereocenters. The Bertz CT molecular complexity index is 409. The molecule has 0 aromatic heterocycles. The summed E-state index contributed by atoms with van der Waals surface area (Å²) in [5, 5.41) is 0. The van der Waals surface area contributed by atoms with Crippen LogP contribution >= 0.6 is 0 Å². The Kier molecular flexibility index (Phi) is 5.47. The van der Waals surface area contributed by atoms with Gasteiger partial charge in [0.05, 0.1) is 7.11 Å². The van der Waals surface area contributed by atoms with Crippen molar-refractivity contribution in [3.63, 3.8) is 0 Å². The Labute approximate surface area is 124 Å². The highest BCUT2D eigenvalue weighted by molar-refractivity contribution is 5.45. The normalized spacial score (nSPS) is 21.9. The van der Waals surface area contributed by atoms with Gasteiger partial charge in [0.1, 0.15) is 5.75 Å². The van der Waals surface area contributed by atoms with Crippen LogP contribution in [0.25, 0.3) is 0 Å². The van der Waals surface area contributed by atoms with Crippen LogP contribution in [0.2, 0.25) is 0 Å². The molecule has 0 bridgehead atoms. The molecule has 2 atom stereocenters. The standard InChI is InChI=1S/C18H29NO/c1-5-12-19(13-6-2)16-11-10-15-8-7-9-17(20-4)18(15)14(16)3/h7-9,14,16H,5-6,10-13H2,1-4H3/t14-,16-/m0/s1. The fourth-order valence-corrected chi connectivity index (χ4v) is 3.76. The van der Waals surface area contributed by atoms with Gasteiger partial charge in [-0.25, -0.2) is 0 Å². The van der Waals surface area contributed by atoms with Crippen LogP contribution in [-0.2, 0) is 6.42 Å². The molecule has 1 aliphatic carbocycles. The lowest BCUT2D eigenvalue weighted by atomic mass is 9.79. The maximum atomic E-state index is 5.61. The average molecular weight is 275 g/mol. The van der Waals surface area contributed by atoms with E-state index in [2.05, 4.69) is 43.9 Å². The molecule has 0 saturated heterocycles. The summed E-state index contributed by atoms with van der Waals surface area (Å²) in [4.78, 5) is 2.69. The first kappa shape index (κ1) is 15.4. The number of benzene rings is 1. The van der Waals surface area contributed by atoms with Crippen molar-refractivity contribution in [2.75, 3.05) is 20.2 Å². The summed E-state index contributed by atoms with van der Waals surface area (Å²) in [5.74, 6) is 1.64. The van der Waals surface area contributed by atoms with Gasteiger partial charge in [-0.3, -0.25) is 4.90 Å². The Morgan fingerprint density at radius 1 is 1.20 bits per heavy atom. The van der Waals surface area contributed by atoms with Crippen LogP contribution in [0.1, 0.15) is 57.1 Å². The minimum Gasteiger partial charge on any atom is -0.496 e. The summed E-state index contributed by atoms with van der Waals surface area (Å²) in [5.41, 5.74) is 2.93. The van der Waals surface area contributed by atoms with E-state index in [1.54, 1.807) is 7.11 Å². The van der Waals surface area contributed by atoms with Gasteiger partial charge in [-0.1, -0.05) is 32.9 Å². The van der Waals surface area contributed by atoms with E-state index in [9.17, 15) is 0 Å². The second-order valence-electron chi connectivity index (χ2n) is 5.96. The van der Waals surface area contributed by atoms with Crippen LogP contribution in [0.15, 0.2) is 18.2 Å². The van der Waals surface area contributed by atoms with Crippen molar-refractivity contribution in [1.29, 1.82) is 0 Å². The summed E-state index contributed by atoms with van der Waals surface area (Å²) in [6.07, 6.45) is 4.94. The molecule has 0 aliphatic heterocycles. The fourth-order valence-electron chi connectivity index (χ4n) is 3.76. The third kappa shape index (κ3) is 3.01. The highest BCUT2D eigenvalue weighted by Crippen LogP contribution is 2.39. The van der Waals surface area contributed by atoms with Crippen LogP contribution in [0.4, 0.5) is 0 Å². The zero-order chi connectivity index (χ0) is 14.5. The Balaban J connectivity index is 2.27. The number of hydrogen-bond donors (Lipinski definition) is 0. The molecule has 2 rings (SSSR count). The molecule has 20 heavy (non-hydrogen) atoms. The quantitative estimate of drug-likeness (QED) is 0.770. The van der Waals surface area contributed by atoms with E-state index in [0.717, 1.165) is 5.75 Å². The van der Waals surface area contributed by atoms with Gasteiger partial charge in [-0.15, -0.1) is 0 Å². The average Bonchev–Trinajstić information content (AvgIpc) is 2.47. The van der Waals surface area contributed by atoms with E-state index in [4.69, 9.17) is 4.74 Å². The Morgan fingerprint density at radius 3 is 2.50 bits per heavy atom. The summed E-state index contributed by atoms with van der Waals surface area (Å²) in [7, 11) is 1.79. The highest BCUT2D eigenvalue weighted by atomic mass is 16.5. The van der Waals surface area contributed by atoms with Crippen molar-refractivity contribution < 1.29 is 4.74 Å². The van der Waals surface area contributed by atoms with Gasteiger partial charge in [0, 0.05) is 17.5 Å². The van der Waals surface area contributed by atoms with Crippen molar-refractivity contribution >= 4 is 0 Å². The van der Waals surface area contributed by atoms with Gasteiger partial charge < -0.3 is 4.74 Å². The topological polar surface area (TPSA) is 12.5 Å². The summed E-state index contributed by atoms with van der Waals surface area (Å²) in [6, 6.07) is 7.18. The third-order valence-electron chi connectivity index (χ3n) is 4.61. The number of methoxy groups -OCH3 is 1. The van der Waals surface area contributed by atoms with Crippen LogP contribution in [0.5, 0.6) is 5.75 Å². The number of fused-ring (bicyclic) bond motifs is 1. The molecule has 112 valence electrons. The molecule has 2 nitrogen and oxygen atoms in total. The van der Waals surface area contributed by atoms with Crippen LogP contribution in [-0.4, -0.2) is 31.1 Å². The lowest BCUT2D eigenvalue weighted by Gasteiger charge is -2.40. The number of aryl methyl sites for hydroxylation is 1. The van der Waals surface area contributed by atoms with Crippen molar-refractivity contribution in [2.24, 2.45) is 0 Å². The minimum absolute atomic E-state index is 0.563. The largest absolute Gasteiger partial charge is 0.496 e. The van der Waals surface area contributed by atoms with Crippen molar-refractivity contribution in [3.8, 4) is 5.75 Å². The van der Waals surface area contributed by atoms with Gasteiger partial charge in [0.15, 0.2) is 0 Å². The molecule has 0 N–H and O–H groups in total. The lowest BCUT2D eigenvalue weighted by molar-refractivity contribution is 0.157. The maximum Gasteiger partial charge on any atom is 0.122 e. The summed E-state index contributed by atoms with van der Waals surface area (Å²) in [6.45, 7) is 9.37. The van der Waals surface area contributed by atoms with Gasteiger partial charge in [0.25, 0.3) is 0 Å². The zero-order valence-corrected chi connectivity index (χ0v) is 13.5. The van der Waals surface area contributed by atoms with Gasteiger partial charge in [0.2, 0.25) is 0 Å². The van der Waals surface area contributed by atoms with Crippen molar-refractivity contribution in [3.05, 3.63) is 29.3 Å².